The largest absolute Gasteiger partial charge is 0.493 e. The van der Waals surface area contributed by atoms with Gasteiger partial charge in [-0.25, -0.2) is 0 Å². The van der Waals surface area contributed by atoms with Gasteiger partial charge in [-0.05, 0) is 43.0 Å². The molecule has 1 saturated carbocycles. The van der Waals surface area contributed by atoms with Gasteiger partial charge in [0.2, 0.25) is 0 Å². The van der Waals surface area contributed by atoms with E-state index in [2.05, 4.69) is 6.07 Å². The van der Waals surface area contributed by atoms with Crippen LogP contribution in [0.15, 0.2) is 28.9 Å². The number of benzene rings is 1. The Balaban J connectivity index is 2.04. The smallest absolute Gasteiger partial charge is 0.175 e. The SMILES string of the molecule is COc1cc(CC2(N)CC2)cc2ccoc12. The van der Waals surface area contributed by atoms with E-state index in [1.165, 1.54) is 5.56 Å². The van der Waals surface area contributed by atoms with Crippen LogP contribution in [0.2, 0.25) is 0 Å². The predicted octanol–water partition coefficient (Wildman–Crippen LogP) is 2.48. The molecular weight excluding hydrogens is 202 g/mol. The van der Waals surface area contributed by atoms with Crippen LogP contribution in [0.1, 0.15) is 18.4 Å². The van der Waals surface area contributed by atoms with Crippen molar-refractivity contribution >= 4 is 11.0 Å². The lowest BCUT2D eigenvalue weighted by atomic mass is 10.0. The number of ether oxygens (including phenoxy) is 1. The first-order valence-electron chi connectivity index (χ1n) is 5.53. The Kier molecular flexibility index (Phi) is 1.98. The molecule has 1 aliphatic carbocycles. The molecule has 0 spiro atoms. The summed E-state index contributed by atoms with van der Waals surface area (Å²) in [4.78, 5) is 0. The van der Waals surface area contributed by atoms with Gasteiger partial charge >= 0.3 is 0 Å². The first-order valence-corrected chi connectivity index (χ1v) is 5.53. The third kappa shape index (κ3) is 1.57. The van der Waals surface area contributed by atoms with Crippen LogP contribution in [0.5, 0.6) is 5.75 Å². The number of hydrogen-bond donors (Lipinski definition) is 1. The molecule has 0 radical (unpaired) electrons. The Hall–Kier alpha value is -1.48. The molecule has 16 heavy (non-hydrogen) atoms. The van der Waals surface area contributed by atoms with Crippen LogP contribution in [0.4, 0.5) is 0 Å². The van der Waals surface area contributed by atoms with Gasteiger partial charge in [0.15, 0.2) is 11.3 Å². The first-order chi connectivity index (χ1) is 7.70. The Morgan fingerprint density at radius 1 is 1.44 bits per heavy atom. The van der Waals surface area contributed by atoms with E-state index in [0.717, 1.165) is 36.0 Å². The van der Waals surface area contributed by atoms with Gasteiger partial charge in [0.1, 0.15) is 0 Å². The average molecular weight is 217 g/mol. The molecule has 0 bridgehead atoms. The summed E-state index contributed by atoms with van der Waals surface area (Å²) in [5.41, 5.74) is 8.20. The highest BCUT2D eigenvalue weighted by molar-refractivity contribution is 5.84. The van der Waals surface area contributed by atoms with Crippen molar-refractivity contribution in [3.05, 3.63) is 30.0 Å². The van der Waals surface area contributed by atoms with Crippen LogP contribution in [0, 0.1) is 0 Å². The highest BCUT2D eigenvalue weighted by atomic mass is 16.5. The minimum atomic E-state index is 0.0302. The Labute approximate surface area is 94.2 Å². The van der Waals surface area contributed by atoms with Gasteiger partial charge in [-0.15, -0.1) is 0 Å². The van der Waals surface area contributed by atoms with Crippen LogP contribution in [-0.2, 0) is 6.42 Å². The van der Waals surface area contributed by atoms with Gasteiger partial charge < -0.3 is 14.9 Å². The average Bonchev–Trinajstić information content (AvgIpc) is 2.80. The molecule has 0 amide bonds. The number of hydrogen-bond acceptors (Lipinski definition) is 3. The fourth-order valence-electron chi connectivity index (χ4n) is 2.11. The fraction of sp³-hybridized carbons (Fsp3) is 0.385. The summed E-state index contributed by atoms with van der Waals surface area (Å²) in [6, 6.07) is 6.12. The normalized spacial score (nSPS) is 17.6. The number of rotatable bonds is 3. The molecule has 0 aliphatic heterocycles. The molecule has 2 aromatic rings. The van der Waals surface area contributed by atoms with Crippen LogP contribution in [-0.4, -0.2) is 12.6 Å². The second-order valence-electron chi connectivity index (χ2n) is 4.68. The van der Waals surface area contributed by atoms with Crippen molar-refractivity contribution in [3.63, 3.8) is 0 Å². The zero-order valence-electron chi connectivity index (χ0n) is 9.32. The van der Waals surface area contributed by atoms with E-state index in [9.17, 15) is 0 Å². The van der Waals surface area contributed by atoms with Gasteiger partial charge in [-0.1, -0.05) is 0 Å². The molecule has 1 aromatic carbocycles. The maximum absolute atomic E-state index is 6.13. The van der Waals surface area contributed by atoms with Crippen LogP contribution in [0.25, 0.3) is 11.0 Å². The van der Waals surface area contributed by atoms with Gasteiger partial charge in [0.25, 0.3) is 0 Å². The summed E-state index contributed by atoms with van der Waals surface area (Å²) in [7, 11) is 1.66. The van der Waals surface area contributed by atoms with Crippen molar-refractivity contribution in [2.75, 3.05) is 7.11 Å². The lowest BCUT2D eigenvalue weighted by Gasteiger charge is -2.10. The van der Waals surface area contributed by atoms with Crippen molar-refractivity contribution < 1.29 is 9.15 Å². The molecule has 0 atom stereocenters. The van der Waals surface area contributed by atoms with Crippen molar-refractivity contribution in [2.24, 2.45) is 5.73 Å². The van der Waals surface area contributed by atoms with Gasteiger partial charge in [0.05, 0.1) is 13.4 Å². The highest BCUT2D eigenvalue weighted by Gasteiger charge is 2.38. The van der Waals surface area contributed by atoms with Crippen molar-refractivity contribution in [2.45, 2.75) is 24.8 Å². The molecule has 1 aliphatic rings. The van der Waals surface area contributed by atoms with E-state index in [-0.39, 0.29) is 5.54 Å². The van der Waals surface area contributed by atoms with Crippen molar-refractivity contribution in [1.29, 1.82) is 0 Å². The molecule has 0 saturated heterocycles. The number of fused-ring (bicyclic) bond motifs is 1. The maximum atomic E-state index is 6.13. The molecule has 3 rings (SSSR count). The third-order valence-corrected chi connectivity index (χ3v) is 3.25. The highest BCUT2D eigenvalue weighted by Crippen LogP contribution is 2.37. The molecule has 1 aromatic heterocycles. The molecule has 3 nitrogen and oxygen atoms in total. The van der Waals surface area contributed by atoms with Crippen LogP contribution < -0.4 is 10.5 Å². The van der Waals surface area contributed by atoms with Crippen LogP contribution >= 0.6 is 0 Å². The summed E-state index contributed by atoms with van der Waals surface area (Å²) < 4.78 is 10.7. The quantitative estimate of drug-likeness (QED) is 0.859. The molecule has 84 valence electrons. The molecule has 1 heterocycles. The summed E-state index contributed by atoms with van der Waals surface area (Å²) in [5.74, 6) is 0.793. The Bertz CT molecular complexity index is 526. The van der Waals surface area contributed by atoms with E-state index in [0.29, 0.717) is 0 Å². The van der Waals surface area contributed by atoms with E-state index in [4.69, 9.17) is 14.9 Å². The number of methoxy groups -OCH3 is 1. The molecular formula is C13H15NO2. The second kappa shape index (κ2) is 3.25. The molecule has 0 unspecified atom stereocenters. The monoisotopic (exact) mass is 217 g/mol. The Morgan fingerprint density at radius 3 is 2.94 bits per heavy atom. The number of nitrogens with two attached hydrogens (primary N) is 1. The first kappa shape index (κ1) is 9.73. The lowest BCUT2D eigenvalue weighted by Crippen LogP contribution is -2.24. The van der Waals surface area contributed by atoms with E-state index >= 15 is 0 Å². The summed E-state index contributed by atoms with van der Waals surface area (Å²) >= 11 is 0. The zero-order valence-corrected chi connectivity index (χ0v) is 9.32. The van der Waals surface area contributed by atoms with E-state index < -0.39 is 0 Å². The predicted molar refractivity (Wildman–Crippen MR) is 62.6 cm³/mol. The molecule has 2 N–H and O–H groups in total. The van der Waals surface area contributed by atoms with Crippen molar-refractivity contribution in [3.8, 4) is 5.75 Å². The standard InChI is InChI=1S/C13H15NO2/c1-15-11-7-9(8-13(14)3-4-13)6-10-2-5-16-12(10)11/h2,5-7H,3-4,8,14H2,1H3. The molecule has 1 fully saturated rings. The van der Waals surface area contributed by atoms with E-state index in [1.807, 2.05) is 12.1 Å². The van der Waals surface area contributed by atoms with Crippen molar-refractivity contribution in [1.82, 2.24) is 0 Å². The summed E-state index contributed by atoms with van der Waals surface area (Å²) in [5, 5.41) is 1.08. The minimum Gasteiger partial charge on any atom is -0.493 e. The maximum Gasteiger partial charge on any atom is 0.175 e. The summed E-state index contributed by atoms with van der Waals surface area (Å²) in [6.45, 7) is 0. The fourth-order valence-corrected chi connectivity index (χ4v) is 2.11. The lowest BCUT2D eigenvalue weighted by molar-refractivity contribution is 0.409. The van der Waals surface area contributed by atoms with Gasteiger partial charge in [-0.3, -0.25) is 0 Å². The molecule has 3 heteroatoms. The minimum absolute atomic E-state index is 0.0302. The Morgan fingerprint density at radius 2 is 2.25 bits per heavy atom. The second-order valence-corrected chi connectivity index (χ2v) is 4.68. The third-order valence-electron chi connectivity index (χ3n) is 3.25. The van der Waals surface area contributed by atoms with Gasteiger partial charge in [-0.2, -0.15) is 0 Å². The number of furan rings is 1. The topological polar surface area (TPSA) is 48.4 Å². The van der Waals surface area contributed by atoms with Gasteiger partial charge in [0, 0.05) is 10.9 Å². The van der Waals surface area contributed by atoms with Crippen LogP contribution in [0.3, 0.4) is 0 Å². The van der Waals surface area contributed by atoms with E-state index in [1.54, 1.807) is 13.4 Å². The zero-order chi connectivity index (χ0) is 11.2. The summed E-state index contributed by atoms with van der Waals surface area (Å²) in [6.07, 6.45) is 4.86.